The number of anilines is 2. The Hall–Kier alpha value is -2.45. The van der Waals surface area contributed by atoms with E-state index < -0.39 is 0 Å². The number of fused-ring (bicyclic) bond motifs is 1. The van der Waals surface area contributed by atoms with Crippen molar-refractivity contribution in [2.24, 2.45) is 0 Å². The second-order valence-electron chi connectivity index (χ2n) is 6.22. The molecule has 4 rings (SSSR count). The predicted octanol–water partition coefficient (Wildman–Crippen LogP) is 4.02. The fourth-order valence-electron chi connectivity index (χ4n) is 3.04. The minimum atomic E-state index is -0.377. The zero-order valence-electron chi connectivity index (χ0n) is 14.6. The number of hydrogen-bond donors (Lipinski definition) is 2. The first-order chi connectivity index (χ1) is 13.1. The molecule has 1 fully saturated rings. The van der Waals surface area contributed by atoms with Gasteiger partial charge in [-0.1, -0.05) is 15.9 Å². The van der Waals surface area contributed by atoms with E-state index in [1.54, 1.807) is 25.3 Å². The lowest BCUT2D eigenvalue weighted by Crippen LogP contribution is -2.19. The molecule has 0 saturated carbocycles. The third kappa shape index (κ3) is 3.81. The van der Waals surface area contributed by atoms with Crippen LogP contribution in [0.25, 0.3) is 10.9 Å². The highest BCUT2D eigenvalue weighted by Crippen LogP contribution is 2.36. The number of benzene rings is 2. The number of rotatable bonds is 5. The number of methoxy groups -OCH3 is 1. The van der Waals surface area contributed by atoms with Gasteiger partial charge in [0.1, 0.15) is 24.1 Å². The molecule has 0 bridgehead atoms. The lowest BCUT2D eigenvalue weighted by atomic mass is 10.2. The smallest absolute Gasteiger partial charge is 0.162 e. The van der Waals surface area contributed by atoms with Crippen molar-refractivity contribution in [3.63, 3.8) is 0 Å². The summed E-state index contributed by atoms with van der Waals surface area (Å²) in [6, 6.07) is 8.46. The number of aromatic nitrogens is 2. The van der Waals surface area contributed by atoms with E-state index in [1.807, 2.05) is 6.07 Å². The van der Waals surface area contributed by atoms with Gasteiger partial charge in [-0.15, -0.1) is 0 Å². The predicted molar refractivity (Wildman–Crippen MR) is 105 cm³/mol. The Labute approximate surface area is 164 Å². The Balaban J connectivity index is 1.74. The Morgan fingerprint density at radius 1 is 1.22 bits per heavy atom. The van der Waals surface area contributed by atoms with Crippen molar-refractivity contribution < 1.29 is 13.9 Å². The molecule has 1 aliphatic rings. The maximum Gasteiger partial charge on any atom is 0.162 e. The van der Waals surface area contributed by atoms with Crippen molar-refractivity contribution >= 4 is 38.3 Å². The fraction of sp³-hybridized carbons (Fsp3) is 0.263. The summed E-state index contributed by atoms with van der Waals surface area (Å²) in [4.78, 5) is 8.59. The molecule has 27 heavy (non-hydrogen) atoms. The number of hydrogen-bond acceptors (Lipinski definition) is 6. The molecule has 0 unspecified atom stereocenters. The quantitative estimate of drug-likeness (QED) is 0.634. The SMILES string of the molecule is COc1cc2ncnc(Nc3ccc(Br)cc3F)c2cc1O[C@H]1CCNC1. The maximum atomic E-state index is 14.2. The fourth-order valence-corrected chi connectivity index (χ4v) is 3.38. The van der Waals surface area contributed by atoms with Crippen LogP contribution in [-0.2, 0) is 0 Å². The third-order valence-corrected chi connectivity index (χ3v) is 4.91. The number of nitrogens with zero attached hydrogens (tertiary/aromatic N) is 2. The maximum absolute atomic E-state index is 14.2. The van der Waals surface area contributed by atoms with Gasteiger partial charge in [0.15, 0.2) is 11.5 Å². The molecule has 3 aromatic rings. The summed E-state index contributed by atoms with van der Waals surface area (Å²) in [6.45, 7) is 1.72. The van der Waals surface area contributed by atoms with Crippen LogP contribution in [0.2, 0.25) is 0 Å². The summed E-state index contributed by atoms with van der Waals surface area (Å²) >= 11 is 3.26. The second kappa shape index (κ2) is 7.66. The van der Waals surface area contributed by atoms with Gasteiger partial charge in [-0.05, 0) is 37.2 Å². The number of halogens is 2. The van der Waals surface area contributed by atoms with Gasteiger partial charge in [-0.2, -0.15) is 0 Å². The first-order valence-electron chi connectivity index (χ1n) is 8.56. The van der Waals surface area contributed by atoms with E-state index in [0.29, 0.717) is 33.0 Å². The summed E-state index contributed by atoms with van der Waals surface area (Å²) in [5.41, 5.74) is 1.01. The molecule has 0 spiro atoms. The van der Waals surface area contributed by atoms with Crippen LogP contribution in [-0.4, -0.2) is 36.3 Å². The minimum Gasteiger partial charge on any atom is -0.493 e. The molecule has 0 aliphatic carbocycles. The van der Waals surface area contributed by atoms with Gasteiger partial charge in [0.2, 0.25) is 0 Å². The van der Waals surface area contributed by atoms with Crippen molar-refractivity contribution in [2.75, 3.05) is 25.5 Å². The van der Waals surface area contributed by atoms with E-state index in [-0.39, 0.29) is 11.9 Å². The van der Waals surface area contributed by atoms with Crippen LogP contribution in [0, 0.1) is 5.82 Å². The molecule has 0 radical (unpaired) electrons. The van der Waals surface area contributed by atoms with E-state index in [1.165, 1.54) is 12.4 Å². The molecule has 2 N–H and O–H groups in total. The average molecular weight is 433 g/mol. The van der Waals surface area contributed by atoms with Crippen LogP contribution in [0.3, 0.4) is 0 Å². The van der Waals surface area contributed by atoms with Gasteiger partial charge in [-0.25, -0.2) is 14.4 Å². The van der Waals surface area contributed by atoms with Gasteiger partial charge < -0.3 is 20.1 Å². The molecule has 1 aromatic heterocycles. The van der Waals surface area contributed by atoms with Crippen LogP contribution in [0.15, 0.2) is 41.1 Å². The van der Waals surface area contributed by atoms with Crippen LogP contribution in [0.5, 0.6) is 11.5 Å². The van der Waals surface area contributed by atoms with E-state index in [9.17, 15) is 4.39 Å². The summed E-state index contributed by atoms with van der Waals surface area (Å²) in [5, 5.41) is 7.04. The summed E-state index contributed by atoms with van der Waals surface area (Å²) in [5.74, 6) is 1.35. The largest absolute Gasteiger partial charge is 0.493 e. The lowest BCUT2D eigenvalue weighted by molar-refractivity contribution is 0.213. The molecular formula is C19H18BrFN4O2. The van der Waals surface area contributed by atoms with Crippen molar-refractivity contribution in [1.82, 2.24) is 15.3 Å². The zero-order chi connectivity index (χ0) is 18.8. The Bertz CT molecular complexity index is 979. The van der Waals surface area contributed by atoms with E-state index in [2.05, 4.69) is 36.5 Å². The van der Waals surface area contributed by atoms with E-state index in [4.69, 9.17) is 9.47 Å². The van der Waals surface area contributed by atoms with Crippen molar-refractivity contribution in [3.05, 3.63) is 46.9 Å². The van der Waals surface area contributed by atoms with Crippen LogP contribution in [0.4, 0.5) is 15.9 Å². The molecular weight excluding hydrogens is 415 g/mol. The molecule has 8 heteroatoms. The van der Waals surface area contributed by atoms with Gasteiger partial charge in [0.05, 0.1) is 18.3 Å². The van der Waals surface area contributed by atoms with E-state index in [0.717, 1.165) is 24.9 Å². The standard InChI is InChI=1S/C19H18BrFN4O2/c1-26-17-8-16-13(7-18(17)27-12-4-5-22-9-12)19(24-10-23-16)25-15-3-2-11(20)6-14(15)21/h2-3,6-8,10,12,22H,4-5,9H2,1H3,(H,23,24,25)/t12-/m0/s1. The van der Waals surface area contributed by atoms with Gasteiger partial charge in [0.25, 0.3) is 0 Å². The van der Waals surface area contributed by atoms with Crippen molar-refractivity contribution in [2.45, 2.75) is 12.5 Å². The first kappa shape index (κ1) is 17.9. The lowest BCUT2D eigenvalue weighted by Gasteiger charge is -2.17. The highest BCUT2D eigenvalue weighted by molar-refractivity contribution is 9.10. The molecule has 1 saturated heterocycles. The van der Waals surface area contributed by atoms with Crippen LogP contribution < -0.4 is 20.1 Å². The van der Waals surface area contributed by atoms with Gasteiger partial charge >= 0.3 is 0 Å². The monoisotopic (exact) mass is 432 g/mol. The minimum absolute atomic E-state index is 0.0845. The molecule has 2 heterocycles. The molecule has 0 amide bonds. The number of nitrogens with one attached hydrogen (secondary N) is 2. The topological polar surface area (TPSA) is 68.3 Å². The normalized spacial score (nSPS) is 16.5. The van der Waals surface area contributed by atoms with Crippen LogP contribution >= 0.6 is 15.9 Å². The molecule has 140 valence electrons. The van der Waals surface area contributed by atoms with Crippen molar-refractivity contribution in [1.29, 1.82) is 0 Å². The molecule has 2 aromatic carbocycles. The van der Waals surface area contributed by atoms with E-state index >= 15 is 0 Å². The number of ether oxygens (including phenoxy) is 2. The highest BCUT2D eigenvalue weighted by Gasteiger charge is 2.19. The Morgan fingerprint density at radius 3 is 2.85 bits per heavy atom. The first-order valence-corrected chi connectivity index (χ1v) is 9.35. The van der Waals surface area contributed by atoms with Gasteiger partial charge in [0, 0.05) is 22.5 Å². The molecule has 1 atom stereocenters. The van der Waals surface area contributed by atoms with Gasteiger partial charge in [-0.3, -0.25) is 0 Å². The van der Waals surface area contributed by atoms with Crippen LogP contribution in [0.1, 0.15) is 6.42 Å². The molecule has 6 nitrogen and oxygen atoms in total. The van der Waals surface area contributed by atoms with Crippen molar-refractivity contribution in [3.8, 4) is 11.5 Å². The Morgan fingerprint density at radius 2 is 2.11 bits per heavy atom. The summed E-state index contributed by atoms with van der Waals surface area (Å²) in [7, 11) is 1.60. The summed E-state index contributed by atoms with van der Waals surface area (Å²) in [6.07, 6.45) is 2.45. The Kier molecular flexibility index (Phi) is 5.09. The zero-order valence-corrected chi connectivity index (χ0v) is 16.2. The third-order valence-electron chi connectivity index (χ3n) is 4.41. The average Bonchev–Trinajstić information content (AvgIpc) is 3.17. The molecule has 1 aliphatic heterocycles. The highest BCUT2D eigenvalue weighted by atomic mass is 79.9. The summed E-state index contributed by atoms with van der Waals surface area (Å²) < 4.78 is 26.4. The second-order valence-corrected chi connectivity index (χ2v) is 7.14.